The maximum atomic E-state index is 11.6. The molecule has 1 saturated carbocycles. The molecule has 2 amide bonds. The maximum absolute atomic E-state index is 11.6. The van der Waals surface area contributed by atoms with Crippen molar-refractivity contribution in [3.8, 4) is 0 Å². The lowest BCUT2D eigenvalue weighted by molar-refractivity contribution is -0.139. The topological polar surface area (TPSA) is 81.7 Å². The summed E-state index contributed by atoms with van der Waals surface area (Å²) in [6, 6.07) is 5.97. The molecular weight excluding hydrogens is 282 g/mol. The molecule has 1 unspecified atom stereocenters. The quantitative estimate of drug-likeness (QED) is 0.690. The molecule has 3 rings (SSSR count). The van der Waals surface area contributed by atoms with Gasteiger partial charge in [-0.1, -0.05) is 12.1 Å². The zero-order valence-corrected chi connectivity index (χ0v) is 12.6. The number of benzene rings is 1. The summed E-state index contributed by atoms with van der Waals surface area (Å²) in [6.07, 6.45) is 2.02. The number of rotatable bonds is 4. The average molecular weight is 303 g/mol. The van der Waals surface area contributed by atoms with E-state index in [0.29, 0.717) is 0 Å². The molecule has 6 heteroatoms. The van der Waals surface area contributed by atoms with Crippen LogP contribution in [0.3, 0.4) is 0 Å². The predicted molar refractivity (Wildman–Crippen MR) is 82.6 cm³/mol. The van der Waals surface area contributed by atoms with Crippen LogP contribution in [-0.4, -0.2) is 43.1 Å². The van der Waals surface area contributed by atoms with Crippen molar-refractivity contribution in [3.63, 3.8) is 0 Å². The minimum absolute atomic E-state index is 0.0333. The molecule has 0 spiro atoms. The summed E-state index contributed by atoms with van der Waals surface area (Å²) < 4.78 is 0. The highest BCUT2D eigenvalue weighted by Crippen LogP contribution is 2.29. The first-order valence-corrected chi connectivity index (χ1v) is 7.65. The number of carbonyl (C=O) groups excluding carboxylic acids is 2. The van der Waals surface area contributed by atoms with Gasteiger partial charge in [-0.2, -0.15) is 0 Å². The van der Waals surface area contributed by atoms with Gasteiger partial charge in [0.1, 0.15) is 0 Å². The Balaban J connectivity index is 1.54. The van der Waals surface area contributed by atoms with Crippen LogP contribution in [0.5, 0.6) is 0 Å². The number of fused-ring (bicyclic) bond motifs is 1. The van der Waals surface area contributed by atoms with Crippen LogP contribution in [-0.2, 0) is 16.0 Å². The smallest absolute Gasteiger partial charge is 0.309 e. The van der Waals surface area contributed by atoms with E-state index in [1.807, 2.05) is 25.2 Å². The molecular formula is C16H21N3O3. The third-order valence-corrected chi connectivity index (χ3v) is 4.19. The van der Waals surface area contributed by atoms with E-state index in [1.54, 1.807) is 0 Å². The molecule has 2 aliphatic rings. The van der Waals surface area contributed by atoms with Gasteiger partial charge in [-0.3, -0.25) is 9.59 Å². The van der Waals surface area contributed by atoms with E-state index >= 15 is 0 Å². The van der Waals surface area contributed by atoms with Crippen molar-refractivity contribution in [3.05, 3.63) is 29.3 Å². The Morgan fingerprint density at radius 1 is 1.36 bits per heavy atom. The minimum atomic E-state index is -0.811. The molecule has 118 valence electrons. The largest absolute Gasteiger partial charge is 0.387 e. The van der Waals surface area contributed by atoms with Crippen LogP contribution in [0.25, 0.3) is 0 Å². The summed E-state index contributed by atoms with van der Waals surface area (Å²) >= 11 is 0. The van der Waals surface area contributed by atoms with E-state index < -0.39 is 17.9 Å². The van der Waals surface area contributed by atoms with E-state index in [9.17, 15) is 14.7 Å². The molecule has 1 fully saturated rings. The molecule has 0 aromatic heterocycles. The fraction of sp³-hybridized carbons (Fsp3) is 0.500. The number of carbonyl (C=O) groups is 2. The highest BCUT2D eigenvalue weighted by atomic mass is 16.3. The molecule has 0 radical (unpaired) electrons. The van der Waals surface area contributed by atoms with Gasteiger partial charge in [-0.15, -0.1) is 0 Å². The first kappa shape index (κ1) is 14.8. The van der Waals surface area contributed by atoms with Crippen molar-refractivity contribution in [2.24, 2.45) is 0 Å². The summed E-state index contributed by atoms with van der Waals surface area (Å²) in [5.74, 6) is -1.31. The molecule has 1 aliphatic carbocycles. The normalized spacial score (nSPS) is 17.8. The van der Waals surface area contributed by atoms with Gasteiger partial charge >= 0.3 is 11.8 Å². The van der Waals surface area contributed by atoms with E-state index in [4.69, 9.17) is 0 Å². The number of nitrogens with one attached hydrogen (secondary N) is 2. The molecule has 0 bridgehead atoms. The van der Waals surface area contributed by atoms with Crippen molar-refractivity contribution in [1.82, 2.24) is 10.6 Å². The number of likely N-dealkylation sites (N-methyl/N-ethyl adjacent to an activating group) is 1. The Kier molecular flexibility index (Phi) is 4.02. The number of aliphatic hydroxyl groups excluding tert-OH is 1. The molecule has 22 heavy (non-hydrogen) atoms. The van der Waals surface area contributed by atoms with Gasteiger partial charge in [0.15, 0.2) is 0 Å². The fourth-order valence-electron chi connectivity index (χ4n) is 2.66. The first-order valence-electron chi connectivity index (χ1n) is 7.65. The highest BCUT2D eigenvalue weighted by Gasteiger charge is 2.26. The van der Waals surface area contributed by atoms with Crippen molar-refractivity contribution < 1.29 is 14.7 Å². The number of anilines is 1. The molecule has 6 nitrogen and oxygen atoms in total. The van der Waals surface area contributed by atoms with Crippen LogP contribution >= 0.6 is 0 Å². The average Bonchev–Trinajstić information content (AvgIpc) is 3.26. The van der Waals surface area contributed by atoms with Crippen molar-refractivity contribution in [2.45, 2.75) is 31.4 Å². The molecule has 1 atom stereocenters. The van der Waals surface area contributed by atoms with Crippen LogP contribution in [0, 0.1) is 0 Å². The molecule has 3 N–H and O–H groups in total. The van der Waals surface area contributed by atoms with Crippen LogP contribution in [0.15, 0.2) is 18.2 Å². The van der Waals surface area contributed by atoms with Crippen LogP contribution in [0.1, 0.15) is 30.1 Å². The minimum Gasteiger partial charge on any atom is -0.387 e. The molecule has 1 heterocycles. The van der Waals surface area contributed by atoms with Crippen LogP contribution in [0.4, 0.5) is 5.69 Å². The van der Waals surface area contributed by atoms with Gasteiger partial charge in [0.25, 0.3) is 0 Å². The third kappa shape index (κ3) is 3.22. The molecule has 1 aromatic carbocycles. The summed E-state index contributed by atoms with van der Waals surface area (Å²) in [4.78, 5) is 25.3. The second-order valence-corrected chi connectivity index (χ2v) is 6.03. The summed E-state index contributed by atoms with van der Waals surface area (Å²) in [7, 11) is 2.04. The van der Waals surface area contributed by atoms with Gasteiger partial charge in [-0.05, 0) is 36.5 Å². The zero-order chi connectivity index (χ0) is 15.7. The van der Waals surface area contributed by atoms with Crippen molar-refractivity contribution in [1.29, 1.82) is 0 Å². The van der Waals surface area contributed by atoms with E-state index in [-0.39, 0.29) is 12.6 Å². The Hall–Kier alpha value is -2.08. The second-order valence-electron chi connectivity index (χ2n) is 6.03. The van der Waals surface area contributed by atoms with Crippen LogP contribution in [0.2, 0.25) is 0 Å². The lowest BCUT2D eigenvalue weighted by Crippen LogP contribution is -2.42. The maximum Gasteiger partial charge on any atom is 0.309 e. The second kappa shape index (κ2) is 5.96. The summed E-state index contributed by atoms with van der Waals surface area (Å²) in [6.45, 7) is 1.01. The van der Waals surface area contributed by atoms with E-state index in [2.05, 4.69) is 15.5 Å². The van der Waals surface area contributed by atoms with E-state index in [0.717, 1.165) is 31.4 Å². The Morgan fingerprint density at radius 2 is 2.14 bits per heavy atom. The highest BCUT2D eigenvalue weighted by molar-refractivity contribution is 6.35. The number of hydrogen-bond donors (Lipinski definition) is 3. The standard InChI is InChI=1S/C16H21N3O3/c1-19-7-6-10-8-11(2-5-13(10)19)14(20)9-17-15(21)16(22)18-12-3-4-12/h2,5,8,12,14,20H,3-4,6-7,9H2,1H3,(H,17,21)(H,18,22). The van der Waals surface area contributed by atoms with Crippen molar-refractivity contribution in [2.75, 3.05) is 25.0 Å². The van der Waals surface area contributed by atoms with Gasteiger partial charge in [-0.25, -0.2) is 0 Å². The molecule has 0 saturated heterocycles. The van der Waals surface area contributed by atoms with Crippen LogP contribution < -0.4 is 15.5 Å². The number of amides is 2. The fourth-order valence-corrected chi connectivity index (χ4v) is 2.66. The van der Waals surface area contributed by atoms with E-state index in [1.165, 1.54) is 11.3 Å². The predicted octanol–water partition coefficient (Wildman–Crippen LogP) is 0.107. The first-order chi connectivity index (χ1) is 10.5. The Labute approximate surface area is 129 Å². The SMILES string of the molecule is CN1CCc2cc(C(O)CNC(=O)C(=O)NC3CC3)ccc21. The monoisotopic (exact) mass is 303 g/mol. The lowest BCUT2D eigenvalue weighted by atomic mass is 10.0. The van der Waals surface area contributed by atoms with Gasteiger partial charge in [0.2, 0.25) is 0 Å². The summed E-state index contributed by atoms with van der Waals surface area (Å²) in [5, 5.41) is 15.3. The number of hydrogen-bond acceptors (Lipinski definition) is 4. The number of nitrogens with zero attached hydrogens (tertiary/aromatic N) is 1. The molecule has 1 aromatic rings. The number of aliphatic hydroxyl groups is 1. The Morgan fingerprint density at radius 3 is 2.86 bits per heavy atom. The zero-order valence-electron chi connectivity index (χ0n) is 12.6. The van der Waals surface area contributed by atoms with Gasteiger partial charge in [0, 0.05) is 31.9 Å². The Bertz CT molecular complexity index is 598. The molecule has 1 aliphatic heterocycles. The van der Waals surface area contributed by atoms with Gasteiger partial charge in [0.05, 0.1) is 6.10 Å². The summed E-state index contributed by atoms with van der Waals surface area (Å²) in [5.41, 5.74) is 3.15. The third-order valence-electron chi connectivity index (χ3n) is 4.19. The lowest BCUT2D eigenvalue weighted by Gasteiger charge is -2.15. The van der Waals surface area contributed by atoms with Crippen molar-refractivity contribution >= 4 is 17.5 Å². The van der Waals surface area contributed by atoms with Gasteiger partial charge < -0.3 is 20.6 Å².